The van der Waals surface area contributed by atoms with Crippen molar-refractivity contribution in [1.82, 2.24) is 15.0 Å². The van der Waals surface area contributed by atoms with Gasteiger partial charge in [0.25, 0.3) is 0 Å². The molecule has 0 unspecified atom stereocenters. The Hall–Kier alpha value is -2.78. The SMILES string of the molecule is NCCOCCOCCNc1nc(NCCc2ccccc2)nc(-c2ccc(Cl)cc2)n1. The maximum Gasteiger partial charge on any atom is 0.228 e. The molecule has 0 radical (unpaired) electrons. The summed E-state index contributed by atoms with van der Waals surface area (Å²) in [7, 11) is 0. The predicted molar refractivity (Wildman–Crippen MR) is 128 cm³/mol. The molecule has 4 N–H and O–H groups in total. The zero-order valence-corrected chi connectivity index (χ0v) is 18.7. The summed E-state index contributed by atoms with van der Waals surface area (Å²) < 4.78 is 10.8. The molecule has 0 aliphatic rings. The van der Waals surface area contributed by atoms with E-state index in [1.807, 2.05) is 42.5 Å². The first-order valence-corrected chi connectivity index (χ1v) is 11.0. The van der Waals surface area contributed by atoms with Crippen molar-refractivity contribution in [2.45, 2.75) is 6.42 Å². The number of nitrogens with two attached hydrogens (primary N) is 1. The van der Waals surface area contributed by atoms with E-state index in [4.69, 9.17) is 26.8 Å². The first-order chi connectivity index (χ1) is 15.7. The average Bonchev–Trinajstić information content (AvgIpc) is 2.82. The third-order valence-corrected chi connectivity index (χ3v) is 4.69. The quantitative estimate of drug-likeness (QED) is 0.317. The first-order valence-electron chi connectivity index (χ1n) is 10.6. The Morgan fingerprint density at radius 2 is 1.41 bits per heavy atom. The number of nitrogens with one attached hydrogen (secondary N) is 2. The maximum absolute atomic E-state index is 6.02. The summed E-state index contributed by atoms with van der Waals surface area (Å²) in [5.41, 5.74) is 7.49. The van der Waals surface area contributed by atoms with E-state index in [0.29, 0.717) is 68.8 Å². The fraction of sp³-hybridized carbons (Fsp3) is 0.348. The van der Waals surface area contributed by atoms with Crippen LogP contribution in [0.1, 0.15) is 5.56 Å². The van der Waals surface area contributed by atoms with E-state index in [-0.39, 0.29) is 0 Å². The molecule has 2 aromatic carbocycles. The van der Waals surface area contributed by atoms with Crippen LogP contribution in [0.5, 0.6) is 0 Å². The molecule has 170 valence electrons. The predicted octanol–water partition coefficient (Wildman–Crippen LogP) is 3.25. The zero-order chi connectivity index (χ0) is 22.4. The molecule has 0 bridgehead atoms. The van der Waals surface area contributed by atoms with Gasteiger partial charge in [0.15, 0.2) is 5.82 Å². The van der Waals surface area contributed by atoms with Crippen molar-refractivity contribution >= 4 is 23.5 Å². The third kappa shape index (κ3) is 8.39. The van der Waals surface area contributed by atoms with Crippen LogP contribution in [0.15, 0.2) is 54.6 Å². The van der Waals surface area contributed by atoms with Crippen LogP contribution in [-0.4, -0.2) is 61.0 Å². The Morgan fingerprint density at radius 1 is 0.750 bits per heavy atom. The summed E-state index contributed by atoms with van der Waals surface area (Å²) in [6.07, 6.45) is 0.867. The normalized spacial score (nSPS) is 10.8. The summed E-state index contributed by atoms with van der Waals surface area (Å²) in [5, 5.41) is 7.16. The number of rotatable bonds is 14. The van der Waals surface area contributed by atoms with Gasteiger partial charge >= 0.3 is 0 Å². The van der Waals surface area contributed by atoms with Crippen LogP contribution in [0.25, 0.3) is 11.4 Å². The maximum atomic E-state index is 6.02. The molecular weight excluding hydrogens is 428 g/mol. The molecule has 0 saturated heterocycles. The molecule has 1 aromatic heterocycles. The summed E-state index contributed by atoms with van der Waals surface area (Å²) in [5.74, 6) is 1.56. The van der Waals surface area contributed by atoms with Gasteiger partial charge in [0.2, 0.25) is 11.9 Å². The number of halogens is 1. The molecule has 0 saturated carbocycles. The highest BCUT2D eigenvalue weighted by atomic mass is 35.5. The highest BCUT2D eigenvalue weighted by Crippen LogP contribution is 2.20. The monoisotopic (exact) mass is 456 g/mol. The van der Waals surface area contributed by atoms with Crippen LogP contribution in [0.4, 0.5) is 11.9 Å². The second kappa shape index (κ2) is 13.6. The Kier molecular flexibility index (Phi) is 10.1. The largest absolute Gasteiger partial charge is 0.378 e. The van der Waals surface area contributed by atoms with Gasteiger partial charge < -0.3 is 25.8 Å². The van der Waals surface area contributed by atoms with Crippen molar-refractivity contribution in [3.8, 4) is 11.4 Å². The molecule has 0 amide bonds. The van der Waals surface area contributed by atoms with Gasteiger partial charge in [-0.25, -0.2) is 0 Å². The Bertz CT molecular complexity index is 928. The van der Waals surface area contributed by atoms with Crippen molar-refractivity contribution in [2.75, 3.05) is 56.7 Å². The number of nitrogens with zero attached hydrogens (tertiary/aromatic N) is 3. The van der Waals surface area contributed by atoms with Crippen LogP contribution < -0.4 is 16.4 Å². The molecule has 0 aliphatic heterocycles. The van der Waals surface area contributed by atoms with E-state index in [2.05, 4.69) is 37.7 Å². The smallest absolute Gasteiger partial charge is 0.228 e. The van der Waals surface area contributed by atoms with E-state index in [9.17, 15) is 0 Å². The molecule has 0 spiro atoms. The van der Waals surface area contributed by atoms with Crippen LogP contribution in [-0.2, 0) is 15.9 Å². The molecule has 0 aliphatic carbocycles. The lowest BCUT2D eigenvalue weighted by Gasteiger charge is -2.11. The van der Waals surface area contributed by atoms with E-state index < -0.39 is 0 Å². The van der Waals surface area contributed by atoms with Crippen LogP contribution in [0.3, 0.4) is 0 Å². The van der Waals surface area contributed by atoms with Gasteiger partial charge in [-0.1, -0.05) is 41.9 Å². The Labute approximate surface area is 193 Å². The average molecular weight is 457 g/mol. The lowest BCUT2D eigenvalue weighted by Crippen LogP contribution is -2.17. The van der Waals surface area contributed by atoms with Gasteiger partial charge in [-0.15, -0.1) is 0 Å². The van der Waals surface area contributed by atoms with Crippen molar-refractivity contribution < 1.29 is 9.47 Å². The zero-order valence-electron chi connectivity index (χ0n) is 18.0. The summed E-state index contributed by atoms with van der Waals surface area (Å²) in [4.78, 5) is 13.6. The van der Waals surface area contributed by atoms with E-state index in [1.165, 1.54) is 5.56 Å². The number of aromatic nitrogens is 3. The topological polar surface area (TPSA) is 107 Å². The number of benzene rings is 2. The van der Waals surface area contributed by atoms with Gasteiger partial charge in [0.1, 0.15) is 0 Å². The van der Waals surface area contributed by atoms with Crippen molar-refractivity contribution in [3.63, 3.8) is 0 Å². The lowest BCUT2D eigenvalue weighted by atomic mass is 10.1. The number of anilines is 2. The fourth-order valence-corrected chi connectivity index (χ4v) is 2.99. The van der Waals surface area contributed by atoms with Gasteiger partial charge in [-0.05, 0) is 36.2 Å². The van der Waals surface area contributed by atoms with Gasteiger partial charge in [-0.2, -0.15) is 15.0 Å². The van der Waals surface area contributed by atoms with Gasteiger partial charge in [-0.3, -0.25) is 0 Å². The molecule has 0 fully saturated rings. The number of ether oxygens (including phenoxy) is 2. The first kappa shape index (κ1) is 23.9. The molecule has 1 heterocycles. The van der Waals surface area contributed by atoms with Crippen LogP contribution in [0.2, 0.25) is 5.02 Å². The molecule has 9 heteroatoms. The second-order valence-corrected chi connectivity index (χ2v) is 7.35. The highest BCUT2D eigenvalue weighted by molar-refractivity contribution is 6.30. The highest BCUT2D eigenvalue weighted by Gasteiger charge is 2.09. The van der Waals surface area contributed by atoms with E-state index in [1.54, 1.807) is 0 Å². The molecule has 8 nitrogen and oxygen atoms in total. The van der Waals surface area contributed by atoms with Crippen molar-refractivity contribution in [2.24, 2.45) is 5.73 Å². The van der Waals surface area contributed by atoms with E-state index in [0.717, 1.165) is 12.0 Å². The molecular formula is C23H29ClN6O2. The van der Waals surface area contributed by atoms with Crippen LogP contribution in [0, 0.1) is 0 Å². The van der Waals surface area contributed by atoms with Gasteiger partial charge in [0, 0.05) is 30.2 Å². The minimum atomic E-state index is 0.482. The summed E-state index contributed by atoms with van der Waals surface area (Å²) in [6, 6.07) is 17.7. The fourth-order valence-electron chi connectivity index (χ4n) is 2.87. The molecule has 3 rings (SSSR count). The Balaban J connectivity index is 1.59. The Morgan fingerprint density at radius 3 is 2.09 bits per heavy atom. The minimum Gasteiger partial charge on any atom is -0.378 e. The van der Waals surface area contributed by atoms with Crippen LogP contribution >= 0.6 is 11.6 Å². The van der Waals surface area contributed by atoms with Crippen molar-refractivity contribution in [1.29, 1.82) is 0 Å². The van der Waals surface area contributed by atoms with Gasteiger partial charge in [0.05, 0.1) is 26.4 Å². The lowest BCUT2D eigenvalue weighted by molar-refractivity contribution is 0.0547. The second-order valence-electron chi connectivity index (χ2n) is 6.92. The van der Waals surface area contributed by atoms with E-state index >= 15 is 0 Å². The molecule has 32 heavy (non-hydrogen) atoms. The van der Waals surface area contributed by atoms with Crippen molar-refractivity contribution in [3.05, 3.63) is 65.2 Å². The minimum absolute atomic E-state index is 0.482. The number of hydrogen-bond donors (Lipinski definition) is 3. The standard InChI is InChI=1S/C23H29ClN6O2/c24-20-8-6-19(7-9-20)21-28-22(26-12-10-18-4-2-1-3-5-18)30-23(29-21)27-13-15-32-17-16-31-14-11-25/h1-9H,10-17,25H2,(H2,26,27,28,29,30). The summed E-state index contributed by atoms with van der Waals surface area (Å²) >= 11 is 6.02. The third-order valence-electron chi connectivity index (χ3n) is 4.44. The molecule has 0 atom stereocenters. The number of hydrogen-bond acceptors (Lipinski definition) is 8. The summed E-state index contributed by atoms with van der Waals surface area (Å²) in [6.45, 7) is 3.87. The molecule has 3 aromatic rings.